The van der Waals surface area contributed by atoms with Crippen LogP contribution in [0.25, 0.3) is 0 Å². The molecular formula is C32H50N2O14. The fourth-order valence-corrected chi connectivity index (χ4v) is 3.20. The lowest BCUT2D eigenvalue weighted by molar-refractivity contribution is -0.150. The molecule has 0 fully saturated rings. The van der Waals surface area contributed by atoms with Crippen LogP contribution in [0.1, 0.15) is 77.6 Å². The molecule has 0 aliphatic carbocycles. The summed E-state index contributed by atoms with van der Waals surface area (Å²) in [5, 5.41) is 4.85. The molecule has 272 valence electrons. The fourth-order valence-electron chi connectivity index (χ4n) is 3.20. The number of nitrogens with one attached hydrogen (secondary N) is 2. The average Bonchev–Trinajstić information content (AvgIpc) is 3.06. The van der Waals surface area contributed by atoms with Crippen molar-refractivity contribution < 1.29 is 66.8 Å². The maximum atomic E-state index is 11.6. The number of carbonyl (C=O) groups excluding carboxylic acids is 8. The molecule has 0 unspecified atom stereocenters. The number of esters is 6. The summed E-state index contributed by atoms with van der Waals surface area (Å²) in [4.78, 5) is 89.4. The molecule has 0 spiro atoms. The molecule has 2 amide bonds. The van der Waals surface area contributed by atoms with Gasteiger partial charge in [0.15, 0.2) is 0 Å². The van der Waals surface area contributed by atoms with Crippen molar-refractivity contribution in [2.24, 2.45) is 0 Å². The number of methoxy groups -OCH3 is 1. The molecular weight excluding hydrogens is 636 g/mol. The molecule has 0 aromatic rings. The van der Waals surface area contributed by atoms with E-state index in [1.807, 2.05) is 0 Å². The van der Waals surface area contributed by atoms with E-state index in [1.165, 1.54) is 7.11 Å². The van der Waals surface area contributed by atoms with Crippen LogP contribution in [0.5, 0.6) is 0 Å². The Labute approximate surface area is 281 Å². The van der Waals surface area contributed by atoms with E-state index in [2.05, 4.69) is 44.9 Å². The lowest BCUT2D eigenvalue weighted by Crippen LogP contribution is -2.36. The third-order valence-corrected chi connectivity index (χ3v) is 5.64. The Morgan fingerprint density at radius 3 is 1.38 bits per heavy atom. The average molecular weight is 687 g/mol. The maximum absolute atomic E-state index is 11.6. The van der Waals surface area contributed by atoms with E-state index in [0.717, 1.165) is 37.8 Å². The zero-order chi connectivity index (χ0) is 36.4. The lowest BCUT2D eigenvalue weighted by atomic mass is 10.2. The second-order valence-electron chi connectivity index (χ2n) is 9.66. The molecule has 0 atom stereocenters. The van der Waals surface area contributed by atoms with Crippen LogP contribution in [0, 0.1) is 0 Å². The van der Waals surface area contributed by atoms with Crippen LogP contribution in [0.3, 0.4) is 0 Å². The second kappa shape index (κ2) is 32.2. The first-order valence-corrected chi connectivity index (χ1v) is 15.6. The minimum atomic E-state index is -0.689. The molecule has 0 rings (SSSR count). The summed E-state index contributed by atoms with van der Waals surface area (Å²) < 4.78 is 28.3. The Balaban J connectivity index is 0. The Morgan fingerprint density at radius 2 is 0.938 bits per heavy atom. The van der Waals surface area contributed by atoms with E-state index in [1.54, 1.807) is 0 Å². The molecule has 0 heterocycles. The highest BCUT2D eigenvalue weighted by Gasteiger charge is 2.12. The second-order valence-corrected chi connectivity index (χ2v) is 9.66. The van der Waals surface area contributed by atoms with Gasteiger partial charge in [0.2, 0.25) is 11.8 Å². The van der Waals surface area contributed by atoms with Gasteiger partial charge in [0.25, 0.3) is 0 Å². The highest BCUT2D eigenvalue weighted by atomic mass is 16.6. The van der Waals surface area contributed by atoms with Gasteiger partial charge in [-0.3, -0.25) is 28.8 Å². The first-order valence-electron chi connectivity index (χ1n) is 15.6. The highest BCUT2D eigenvalue weighted by Crippen LogP contribution is 2.04. The smallest absolute Gasteiger partial charge is 0.330 e. The molecule has 0 saturated carbocycles. The van der Waals surface area contributed by atoms with Gasteiger partial charge in [-0.05, 0) is 25.7 Å². The van der Waals surface area contributed by atoms with E-state index < -0.39 is 54.5 Å². The van der Waals surface area contributed by atoms with E-state index in [9.17, 15) is 38.4 Å². The summed E-state index contributed by atoms with van der Waals surface area (Å²) in [6.45, 7) is 9.04. The summed E-state index contributed by atoms with van der Waals surface area (Å²) in [5.74, 6) is -4.19. The number of rotatable bonds is 26. The van der Waals surface area contributed by atoms with E-state index >= 15 is 0 Å². The molecule has 0 bridgehead atoms. The van der Waals surface area contributed by atoms with Crippen LogP contribution in [-0.4, -0.2) is 101 Å². The SMILES string of the molecule is C=CC(=O)OCCOC(=O)CCCCCC.C=CC(=O)OCCOC(=O)CCCCCOC(=O)CC(=O)NCCNC(=O)CC(=O)OC. The first kappa shape index (κ1) is 45.4. The van der Waals surface area contributed by atoms with Gasteiger partial charge >= 0.3 is 35.8 Å². The first-order chi connectivity index (χ1) is 23.0. The van der Waals surface area contributed by atoms with Crippen molar-refractivity contribution in [1.82, 2.24) is 10.6 Å². The van der Waals surface area contributed by atoms with Crippen LogP contribution in [0.15, 0.2) is 25.3 Å². The predicted molar refractivity (Wildman–Crippen MR) is 170 cm³/mol. The normalized spacial score (nSPS) is 9.71. The van der Waals surface area contributed by atoms with Crippen LogP contribution >= 0.6 is 0 Å². The van der Waals surface area contributed by atoms with Gasteiger partial charge < -0.3 is 39.1 Å². The molecule has 16 nitrogen and oxygen atoms in total. The molecule has 0 aromatic heterocycles. The van der Waals surface area contributed by atoms with Crippen LogP contribution in [0.4, 0.5) is 0 Å². The van der Waals surface area contributed by atoms with Crippen molar-refractivity contribution in [1.29, 1.82) is 0 Å². The summed E-state index contributed by atoms with van der Waals surface area (Å²) in [6, 6.07) is 0. The number of unbranched alkanes of at least 4 members (excludes halogenated alkanes) is 5. The molecule has 0 radical (unpaired) electrons. The predicted octanol–water partition coefficient (Wildman–Crippen LogP) is 1.78. The van der Waals surface area contributed by atoms with Crippen molar-refractivity contribution >= 4 is 47.6 Å². The van der Waals surface area contributed by atoms with E-state index in [-0.39, 0.29) is 58.5 Å². The summed E-state index contributed by atoms with van der Waals surface area (Å²) >= 11 is 0. The minimum absolute atomic E-state index is 0.0298. The van der Waals surface area contributed by atoms with Gasteiger partial charge in [0, 0.05) is 38.1 Å². The zero-order valence-corrected chi connectivity index (χ0v) is 28.0. The number of ether oxygens (including phenoxy) is 6. The molecule has 0 aliphatic heterocycles. The Kier molecular flexibility index (Phi) is 30.4. The van der Waals surface area contributed by atoms with Crippen LogP contribution in [-0.2, 0) is 66.8 Å². The van der Waals surface area contributed by atoms with Gasteiger partial charge in [-0.1, -0.05) is 39.3 Å². The number of carbonyl (C=O) groups is 8. The standard InChI is InChI=1S/C20H30N2O10.C12H20O4/c1-3-17(25)31-11-12-32-18(26)7-5-4-6-10-30-20(28)14-16(24)22-9-8-21-15(23)13-19(27)29-2;1-3-5-6-7-8-12(14)16-10-9-15-11(13)4-2/h3H,1,4-14H2,2H3,(H,21,23)(H,22,24);4H,2-3,5-10H2,1H3. The largest absolute Gasteiger partial charge is 0.469 e. The number of hydrogen-bond acceptors (Lipinski definition) is 14. The van der Waals surface area contributed by atoms with E-state index in [0.29, 0.717) is 25.7 Å². The topological polar surface area (TPSA) is 216 Å². The van der Waals surface area contributed by atoms with Gasteiger partial charge in [0.1, 0.15) is 39.3 Å². The quantitative estimate of drug-likeness (QED) is 0.0436. The Bertz CT molecular complexity index is 1030. The number of hydrogen-bond donors (Lipinski definition) is 2. The Morgan fingerprint density at radius 1 is 0.521 bits per heavy atom. The van der Waals surface area contributed by atoms with Gasteiger partial charge in [-0.25, -0.2) is 9.59 Å². The fraction of sp³-hybridized carbons (Fsp3) is 0.625. The molecule has 0 aliphatic rings. The molecule has 0 aromatic carbocycles. The third-order valence-electron chi connectivity index (χ3n) is 5.64. The van der Waals surface area contributed by atoms with Gasteiger partial charge in [-0.2, -0.15) is 0 Å². The van der Waals surface area contributed by atoms with Crippen LogP contribution in [0.2, 0.25) is 0 Å². The molecule has 48 heavy (non-hydrogen) atoms. The lowest BCUT2D eigenvalue weighted by Gasteiger charge is -2.07. The maximum Gasteiger partial charge on any atom is 0.330 e. The molecule has 0 saturated heterocycles. The van der Waals surface area contributed by atoms with Crippen LogP contribution < -0.4 is 10.6 Å². The Hall–Kier alpha value is -4.76. The van der Waals surface area contributed by atoms with Crippen molar-refractivity contribution in [3.63, 3.8) is 0 Å². The highest BCUT2D eigenvalue weighted by molar-refractivity contribution is 5.95. The third kappa shape index (κ3) is 32.6. The van der Waals surface area contributed by atoms with Crippen molar-refractivity contribution in [2.75, 3.05) is 53.2 Å². The summed E-state index contributed by atoms with van der Waals surface area (Å²) in [5.41, 5.74) is 0. The van der Waals surface area contributed by atoms with Gasteiger partial charge in [-0.15, -0.1) is 0 Å². The monoisotopic (exact) mass is 686 g/mol. The summed E-state index contributed by atoms with van der Waals surface area (Å²) in [6.07, 6.45) is 7.71. The number of amides is 2. The van der Waals surface area contributed by atoms with Gasteiger partial charge in [0.05, 0.1) is 13.7 Å². The molecule has 16 heteroatoms. The van der Waals surface area contributed by atoms with Crippen molar-refractivity contribution in [3.05, 3.63) is 25.3 Å². The summed E-state index contributed by atoms with van der Waals surface area (Å²) in [7, 11) is 1.17. The minimum Gasteiger partial charge on any atom is -0.469 e. The molecule has 2 N–H and O–H groups in total. The van der Waals surface area contributed by atoms with Crippen molar-refractivity contribution in [2.45, 2.75) is 77.6 Å². The van der Waals surface area contributed by atoms with Crippen molar-refractivity contribution in [3.8, 4) is 0 Å². The zero-order valence-electron chi connectivity index (χ0n) is 28.0. The van der Waals surface area contributed by atoms with E-state index in [4.69, 9.17) is 14.2 Å².